The summed E-state index contributed by atoms with van der Waals surface area (Å²) >= 11 is 5.77. The van der Waals surface area contributed by atoms with Gasteiger partial charge in [-0.15, -0.1) is 0 Å². The SMILES string of the molecule is C[C@@H](OC(=O)c1cc(Cl)ccn1)C(=O)NC(=O)NC1CCCCC1. The van der Waals surface area contributed by atoms with Crippen molar-refractivity contribution in [3.63, 3.8) is 0 Å². The Morgan fingerprint density at radius 1 is 1.29 bits per heavy atom. The minimum Gasteiger partial charge on any atom is -0.448 e. The van der Waals surface area contributed by atoms with Crippen molar-refractivity contribution in [2.24, 2.45) is 0 Å². The molecule has 1 aromatic heterocycles. The fourth-order valence-corrected chi connectivity index (χ4v) is 2.63. The maximum absolute atomic E-state index is 11.9. The third kappa shape index (κ3) is 5.49. The van der Waals surface area contributed by atoms with Crippen LogP contribution in [-0.2, 0) is 9.53 Å². The number of nitrogens with zero attached hydrogens (tertiary/aromatic N) is 1. The van der Waals surface area contributed by atoms with E-state index >= 15 is 0 Å². The number of ether oxygens (including phenoxy) is 1. The molecule has 0 saturated heterocycles. The molecule has 0 unspecified atom stereocenters. The molecule has 1 saturated carbocycles. The summed E-state index contributed by atoms with van der Waals surface area (Å²) in [6, 6.07) is 2.37. The second kappa shape index (κ2) is 8.63. The molecule has 0 radical (unpaired) electrons. The van der Waals surface area contributed by atoms with Crippen LogP contribution in [-0.4, -0.2) is 35.0 Å². The van der Waals surface area contributed by atoms with Crippen LogP contribution in [0, 0.1) is 0 Å². The molecular weight excluding hydrogens is 334 g/mol. The van der Waals surface area contributed by atoms with Gasteiger partial charge in [0.15, 0.2) is 6.10 Å². The first-order valence-corrected chi connectivity index (χ1v) is 8.27. The molecule has 1 fully saturated rings. The normalized spacial score (nSPS) is 16.1. The van der Waals surface area contributed by atoms with E-state index in [2.05, 4.69) is 15.6 Å². The number of rotatable bonds is 4. The number of hydrogen-bond donors (Lipinski definition) is 2. The van der Waals surface area contributed by atoms with E-state index in [1.165, 1.54) is 31.7 Å². The third-order valence-corrected chi connectivity index (χ3v) is 4.00. The maximum Gasteiger partial charge on any atom is 0.357 e. The van der Waals surface area contributed by atoms with Gasteiger partial charge in [-0.05, 0) is 31.9 Å². The highest BCUT2D eigenvalue weighted by atomic mass is 35.5. The third-order valence-electron chi connectivity index (χ3n) is 3.76. The van der Waals surface area contributed by atoms with E-state index in [4.69, 9.17) is 16.3 Å². The molecule has 0 aromatic carbocycles. The molecule has 0 spiro atoms. The fraction of sp³-hybridized carbons (Fsp3) is 0.500. The highest BCUT2D eigenvalue weighted by Gasteiger charge is 2.23. The van der Waals surface area contributed by atoms with Gasteiger partial charge in [-0.1, -0.05) is 30.9 Å². The molecule has 8 heteroatoms. The average molecular weight is 354 g/mol. The first kappa shape index (κ1) is 18.2. The summed E-state index contributed by atoms with van der Waals surface area (Å²) in [5.74, 6) is -1.48. The number of nitrogens with one attached hydrogen (secondary N) is 2. The Kier molecular flexibility index (Phi) is 6.54. The molecular formula is C16H20ClN3O4. The lowest BCUT2D eigenvalue weighted by molar-refractivity contribution is -0.127. The Morgan fingerprint density at radius 3 is 2.67 bits per heavy atom. The van der Waals surface area contributed by atoms with Crippen LogP contribution >= 0.6 is 11.6 Å². The molecule has 7 nitrogen and oxygen atoms in total. The molecule has 130 valence electrons. The van der Waals surface area contributed by atoms with Crippen molar-refractivity contribution < 1.29 is 19.1 Å². The topological polar surface area (TPSA) is 97.4 Å². The lowest BCUT2D eigenvalue weighted by Crippen LogP contribution is -2.48. The van der Waals surface area contributed by atoms with Gasteiger partial charge in [0.05, 0.1) is 0 Å². The van der Waals surface area contributed by atoms with E-state index in [1.807, 2.05) is 0 Å². The van der Waals surface area contributed by atoms with Gasteiger partial charge in [-0.2, -0.15) is 0 Å². The summed E-state index contributed by atoms with van der Waals surface area (Å²) in [6.45, 7) is 1.38. The van der Waals surface area contributed by atoms with Crippen molar-refractivity contribution in [1.82, 2.24) is 15.6 Å². The summed E-state index contributed by atoms with van der Waals surface area (Å²) in [7, 11) is 0. The van der Waals surface area contributed by atoms with Crippen LogP contribution in [0.25, 0.3) is 0 Å². The first-order valence-electron chi connectivity index (χ1n) is 7.89. The second-order valence-corrected chi connectivity index (χ2v) is 6.14. The Balaban J connectivity index is 1.80. The highest BCUT2D eigenvalue weighted by molar-refractivity contribution is 6.30. The van der Waals surface area contributed by atoms with E-state index in [-0.39, 0.29) is 11.7 Å². The number of carbonyl (C=O) groups is 3. The minimum absolute atomic E-state index is 0.00573. The molecule has 1 aliphatic rings. The summed E-state index contributed by atoms with van der Waals surface area (Å²) < 4.78 is 4.99. The standard InChI is InChI=1S/C16H20ClN3O4/c1-10(24-15(22)13-9-11(17)7-8-18-13)14(21)20-16(23)19-12-5-3-2-4-6-12/h7-10,12H,2-6H2,1H3,(H2,19,20,21,23)/t10-/m1/s1. The molecule has 1 heterocycles. The van der Waals surface area contributed by atoms with Crippen molar-refractivity contribution in [2.75, 3.05) is 0 Å². The molecule has 0 bridgehead atoms. The molecule has 0 aliphatic heterocycles. The Bertz CT molecular complexity index is 617. The number of pyridine rings is 1. The molecule has 24 heavy (non-hydrogen) atoms. The monoisotopic (exact) mass is 353 g/mol. The summed E-state index contributed by atoms with van der Waals surface area (Å²) in [6.07, 6.45) is 5.36. The Labute approximate surface area is 145 Å². The number of hydrogen-bond acceptors (Lipinski definition) is 5. The van der Waals surface area contributed by atoms with Crippen molar-refractivity contribution >= 4 is 29.5 Å². The smallest absolute Gasteiger partial charge is 0.357 e. The van der Waals surface area contributed by atoms with Crippen LogP contribution in [0.1, 0.15) is 49.5 Å². The van der Waals surface area contributed by atoms with Crippen molar-refractivity contribution in [3.8, 4) is 0 Å². The minimum atomic E-state index is -1.13. The molecule has 1 atom stereocenters. The van der Waals surface area contributed by atoms with Gasteiger partial charge in [0.2, 0.25) is 0 Å². The van der Waals surface area contributed by atoms with Gasteiger partial charge in [-0.3, -0.25) is 10.1 Å². The van der Waals surface area contributed by atoms with Gasteiger partial charge in [0, 0.05) is 17.3 Å². The predicted octanol–water partition coefficient (Wildman–Crippen LogP) is 2.44. The van der Waals surface area contributed by atoms with Crippen LogP contribution in [0.4, 0.5) is 4.79 Å². The zero-order valence-corrected chi connectivity index (χ0v) is 14.1. The number of esters is 1. The number of imide groups is 1. The maximum atomic E-state index is 11.9. The summed E-state index contributed by atoms with van der Waals surface area (Å²) in [5.41, 5.74) is -0.00573. The fourth-order valence-electron chi connectivity index (χ4n) is 2.47. The summed E-state index contributed by atoms with van der Waals surface area (Å²) in [5, 5.41) is 5.27. The number of aromatic nitrogens is 1. The number of halogens is 1. The quantitative estimate of drug-likeness (QED) is 0.810. The zero-order valence-electron chi connectivity index (χ0n) is 13.4. The molecule has 1 aromatic rings. The average Bonchev–Trinajstić information content (AvgIpc) is 2.55. The number of carbonyl (C=O) groups excluding carboxylic acids is 3. The van der Waals surface area contributed by atoms with Crippen LogP contribution in [0.15, 0.2) is 18.3 Å². The van der Waals surface area contributed by atoms with E-state index in [1.54, 1.807) is 0 Å². The number of urea groups is 1. The van der Waals surface area contributed by atoms with Crippen LogP contribution in [0.5, 0.6) is 0 Å². The Hall–Kier alpha value is -2.15. The van der Waals surface area contributed by atoms with Gasteiger partial charge in [-0.25, -0.2) is 14.6 Å². The van der Waals surface area contributed by atoms with E-state index < -0.39 is 24.0 Å². The Morgan fingerprint density at radius 2 is 2.00 bits per heavy atom. The predicted molar refractivity (Wildman–Crippen MR) is 87.7 cm³/mol. The van der Waals surface area contributed by atoms with Gasteiger partial charge in [0.1, 0.15) is 5.69 Å². The first-order chi connectivity index (χ1) is 11.5. The van der Waals surface area contributed by atoms with Crippen molar-refractivity contribution in [2.45, 2.75) is 51.2 Å². The second-order valence-electron chi connectivity index (χ2n) is 5.70. The molecule has 3 amide bonds. The summed E-state index contributed by atoms with van der Waals surface area (Å²) in [4.78, 5) is 39.5. The van der Waals surface area contributed by atoms with Crippen LogP contribution < -0.4 is 10.6 Å². The zero-order chi connectivity index (χ0) is 17.5. The molecule has 2 rings (SSSR count). The largest absolute Gasteiger partial charge is 0.448 e. The van der Waals surface area contributed by atoms with Gasteiger partial charge >= 0.3 is 12.0 Å². The number of amides is 3. The van der Waals surface area contributed by atoms with Crippen molar-refractivity contribution in [1.29, 1.82) is 0 Å². The van der Waals surface area contributed by atoms with E-state index in [0.717, 1.165) is 25.7 Å². The van der Waals surface area contributed by atoms with Crippen LogP contribution in [0.2, 0.25) is 5.02 Å². The lowest BCUT2D eigenvalue weighted by atomic mass is 9.96. The van der Waals surface area contributed by atoms with Crippen LogP contribution in [0.3, 0.4) is 0 Å². The van der Waals surface area contributed by atoms with Crippen molar-refractivity contribution in [3.05, 3.63) is 29.0 Å². The van der Waals surface area contributed by atoms with Gasteiger partial charge < -0.3 is 10.1 Å². The van der Waals surface area contributed by atoms with E-state index in [0.29, 0.717) is 5.02 Å². The van der Waals surface area contributed by atoms with E-state index in [9.17, 15) is 14.4 Å². The molecule has 1 aliphatic carbocycles. The highest BCUT2D eigenvalue weighted by Crippen LogP contribution is 2.17. The van der Waals surface area contributed by atoms with Gasteiger partial charge in [0.25, 0.3) is 5.91 Å². The lowest BCUT2D eigenvalue weighted by Gasteiger charge is -2.23. The molecule has 2 N–H and O–H groups in total.